The van der Waals surface area contributed by atoms with Gasteiger partial charge in [0.2, 0.25) is 0 Å². The summed E-state index contributed by atoms with van der Waals surface area (Å²) in [6, 6.07) is 0. The summed E-state index contributed by atoms with van der Waals surface area (Å²) >= 11 is 0. The van der Waals surface area contributed by atoms with Gasteiger partial charge < -0.3 is 4.74 Å². The maximum Gasteiger partial charge on any atom is 0.337 e. The van der Waals surface area contributed by atoms with Gasteiger partial charge in [0.1, 0.15) is 0 Å². The Bertz CT molecular complexity index is 178. The smallest absolute Gasteiger partial charge is 0.337 e. The maximum atomic E-state index is 10.7. The first-order valence-electron chi connectivity index (χ1n) is 3.04. The topological polar surface area (TPSA) is 26.3 Å². The fourth-order valence-corrected chi connectivity index (χ4v) is 0.458. The van der Waals surface area contributed by atoms with Crippen molar-refractivity contribution in [3.05, 3.63) is 23.8 Å². The summed E-state index contributed by atoms with van der Waals surface area (Å²) in [5.74, 6) is -0.365. The van der Waals surface area contributed by atoms with Crippen molar-refractivity contribution < 1.29 is 9.53 Å². The molecule has 56 valence electrons. The van der Waals surface area contributed by atoms with E-state index >= 15 is 0 Å². The summed E-state index contributed by atoms with van der Waals surface area (Å²) in [4.78, 5) is 10.7. The van der Waals surface area contributed by atoms with Gasteiger partial charge in [0.25, 0.3) is 0 Å². The van der Waals surface area contributed by atoms with Crippen molar-refractivity contribution in [3.8, 4) is 0 Å². The number of allylic oxidation sites excluding steroid dienone is 1. The van der Waals surface area contributed by atoms with Crippen molar-refractivity contribution in [2.75, 3.05) is 7.11 Å². The first kappa shape index (κ1) is 8.95. The minimum absolute atomic E-state index is 0.365. The highest BCUT2D eigenvalue weighted by Gasteiger charge is 2.06. The van der Waals surface area contributed by atoms with Gasteiger partial charge in [0, 0.05) is 0 Å². The number of rotatable bonds is 2. The van der Waals surface area contributed by atoms with Crippen LogP contribution in [0.3, 0.4) is 0 Å². The van der Waals surface area contributed by atoms with Crippen LogP contribution in [0.2, 0.25) is 0 Å². The molecule has 0 aromatic rings. The molecule has 0 atom stereocenters. The molecule has 0 saturated carbocycles. The summed E-state index contributed by atoms with van der Waals surface area (Å²) in [6.07, 6.45) is 1.82. The Kier molecular flexibility index (Phi) is 3.47. The van der Waals surface area contributed by atoms with E-state index in [9.17, 15) is 4.79 Å². The Labute approximate surface area is 61.2 Å². The largest absolute Gasteiger partial charge is 0.465 e. The lowest BCUT2D eigenvalue weighted by molar-refractivity contribution is -0.135. The van der Waals surface area contributed by atoms with E-state index in [4.69, 9.17) is 0 Å². The van der Waals surface area contributed by atoms with Gasteiger partial charge in [-0.3, -0.25) is 0 Å². The van der Waals surface area contributed by atoms with E-state index < -0.39 is 0 Å². The van der Waals surface area contributed by atoms with E-state index in [2.05, 4.69) is 11.3 Å². The molecule has 2 heteroatoms. The molecular weight excluding hydrogens is 128 g/mol. The fourth-order valence-electron chi connectivity index (χ4n) is 0.458. The summed E-state index contributed by atoms with van der Waals surface area (Å²) in [6.45, 7) is 7.22. The second-order valence-corrected chi connectivity index (χ2v) is 1.94. The van der Waals surface area contributed by atoms with Crippen molar-refractivity contribution in [1.29, 1.82) is 0 Å². The third-order valence-corrected chi connectivity index (χ3v) is 1.34. The molecule has 0 saturated heterocycles. The van der Waals surface area contributed by atoms with Crippen LogP contribution in [0, 0.1) is 0 Å². The van der Waals surface area contributed by atoms with E-state index in [1.807, 2.05) is 19.9 Å². The van der Waals surface area contributed by atoms with E-state index in [0.717, 1.165) is 5.57 Å². The molecule has 10 heavy (non-hydrogen) atoms. The maximum absolute atomic E-state index is 10.7. The standard InChI is InChI=1S/C8H12O2/c1-5-6(2)7(3)8(9)10-4/h5H,3H2,1-2,4H3. The second-order valence-electron chi connectivity index (χ2n) is 1.94. The predicted molar refractivity (Wildman–Crippen MR) is 40.6 cm³/mol. The van der Waals surface area contributed by atoms with Crippen LogP contribution in [0.15, 0.2) is 23.8 Å². The molecule has 0 rings (SSSR count). The Morgan fingerprint density at radius 1 is 1.60 bits per heavy atom. The molecule has 0 aromatic carbocycles. The Morgan fingerprint density at radius 3 is 2.40 bits per heavy atom. The molecule has 2 nitrogen and oxygen atoms in total. The molecule has 0 spiro atoms. The predicted octanol–water partition coefficient (Wildman–Crippen LogP) is 1.68. The van der Waals surface area contributed by atoms with Crippen LogP contribution >= 0.6 is 0 Å². The number of ether oxygens (including phenoxy) is 1. The molecule has 0 N–H and O–H groups in total. The quantitative estimate of drug-likeness (QED) is 0.331. The number of carbonyl (C=O) groups is 1. The van der Waals surface area contributed by atoms with Gasteiger partial charge in [-0.25, -0.2) is 4.79 Å². The molecule has 0 aliphatic heterocycles. The summed E-state index contributed by atoms with van der Waals surface area (Å²) < 4.78 is 4.46. The molecule has 0 unspecified atom stereocenters. The van der Waals surface area contributed by atoms with E-state index in [-0.39, 0.29) is 5.97 Å². The molecule has 0 heterocycles. The van der Waals surface area contributed by atoms with Crippen molar-refractivity contribution in [1.82, 2.24) is 0 Å². The minimum atomic E-state index is -0.365. The van der Waals surface area contributed by atoms with Gasteiger partial charge in [-0.15, -0.1) is 0 Å². The molecular formula is C8H12O2. The Balaban J connectivity index is 4.23. The molecule has 0 aliphatic carbocycles. The fraction of sp³-hybridized carbons (Fsp3) is 0.375. The van der Waals surface area contributed by atoms with E-state index in [0.29, 0.717) is 5.57 Å². The highest BCUT2D eigenvalue weighted by Crippen LogP contribution is 2.06. The second kappa shape index (κ2) is 3.88. The normalized spacial score (nSPS) is 10.9. The van der Waals surface area contributed by atoms with Crippen LogP contribution in [0.4, 0.5) is 0 Å². The van der Waals surface area contributed by atoms with Crippen molar-refractivity contribution in [2.45, 2.75) is 13.8 Å². The molecule has 0 bridgehead atoms. The molecule has 0 amide bonds. The van der Waals surface area contributed by atoms with Crippen LogP contribution in [0.1, 0.15) is 13.8 Å². The summed E-state index contributed by atoms with van der Waals surface area (Å²) in [5.41, 5.74) is 1.27. The third-order valence-electron chi connectivity index (χ3n) is 1.34. The highest BCUT2D eigenvalue weighted by molar-refractivity contribution is 5.92. The molecule has 0 radical (unpaired) electrons. The minimum Gasteiger partial charge on any atom is -0.465 e. The highest BCUT2D eigenvalue weighted by atomic mass is 16.5. The van der Waals surface area contributed by atoms with Crippen LogP contribution < -0.4 is 0 Å². The van der Waals surface area contributed by atoms with Crippen molar-refractivity contribution in [3.63, 3.8) is 0 Å². The van der Waals surface area contributed by atoms with Crippen molar-refractivity contribution in [2.24, 2.45) is 0 Å². The molecule has 0 aromatic heterocycles. The first-order valence-corrected chi connectivity index (χ1v) is 3.04. The van der Waals surface area contributed by atoms with E-state index in [1.54, 1.807) is 0 Å². The zero-order valence-electron chi connectivity index (χ0n) is 6.60. The lowest BCUT2D eigenvalue weighted by Crippen LogP contribution is -2.03. The van der Waals surface area contributed by atoms with Crippen LogP contribution in [-0.2, 0) is 9.53 Å². The van der Waals surface area contributed by atoms with Gasteiger partial charge in [0.05, 0.1) is 12.7 Å². The molecule has 0 fully saturated rings. The number of hydrogen-bond donors (Lipinski definition) is 0. The lowest BCUT2D eigenvalue weighted by Gasteiger charge is -2.01. The monoisotopic (exact) mass is 140 g/mol. The van der Waals surface area contributed by atoms with Gasteiger partial charge in [0.15, 0.2) is 0 Å². The first-order chi connectivity index (χ1) is 4.63. The number of hydrogen-bond acceptors (Lipinski definition) is 2. The number of esters is 1. The lowest BCUT2D eigenvalue weighted by atomic mass is 10.1. The van der Waals surface area contributed by atoms with Crippen LogP contribution in [0.25, 0.3) is 0 Å². The van der Waals surface area contributed by atoms with Gasteiger partial charge in [-0.1, -0.05) is 12.7 Å². The van der Waals surface area contributed by atoms with Gasteiger partial charge >= 0.3 is 5.97 Å². The van der Waals surface area contributed by atoms with Gasteiger partial charge in [-0.05, 0) is 19.4 Å². The van der Waals surface area contributed by atoms with Crippen LogP contribution in [0.5, 0.6) is 0 Å². The van der Waals surface area contributed by atoms with E-state index in [1.165, 1.54) is 7.11 Å². The Morgan fingerprint density at radius 2 is 2.10 bits per heavy atom. The Hall–Kier alpha value is -1.05. The summed E-state index contributed by atoms with van der Waals surface area (Å²) in [7, 11) is 1.34. The van der Waals surface area contributed by atoms with Crippen molar-refractivity contribution >= 4 is 5.97 Å². The zero-order chi connectivity index (χ0) is 8.15. The third kappa shape index (κ3) is 2.05. The summed E-state index contributed by atoms with van der Waals surface area (Å²) in [5, 5.41) is 0. The number of carbonyl (C=O) groups excluding carboxylic acids is 1. The molecule has 0 aliphatic rings. The average molecular weight is 140 g/mol. The zero-order valence-corrected chi connectivity index (χ0v) is 6.60. The SMILES string of the molecule is C=C(C(=O)OC)C(C)=CC. The average Bonchev–Trinajstić information content (AvgIpc) is 2.00. The number of methoxy groups -OCH3 is 1. The van der Waals surface area contributed by atoms with Gasteiger partial charge in [-0.2, -0.15) is 0 Å². The van der Waals surface area contributed by atoms with Crippen LogP contribution in [-0.4, -0.2) is 13.1 Å².